The Hall–Kier alpha value is -3.13. The Morgan fingerprint density at radius 1 is 1.14 bits per heavy atom. The van der Waals surface area contributed by atoms with E-state index in [-0.39, 0.29) is 23.4 Å². The quantitative estimate of drug-likeness (QED) is 0.582. The first-order valence-corrected chi connectivity index (χ1v) is 9.93. The van der Waals surface area contributed by atoms with Gasteiger partial charge in [0.15, 0.2) is 0 Å². The number of amides is 2. The predicted octanol–water partition coefficient (Wildman–Crippen LogP) is 3.52. The first-order chi connectivity index (χ1) is 13.9. The molecular formula is C21H21FN4O2S. The number of imidazole rings is 1. The molecule has 6 nitrogen and oxygen atoms in total. The van der Waals surface area contributed by atoms with Gasteiger partial charge in [-0.1, -0.05) is 12.1 Å². The van der Waals surface area contributed by atoms with Crippen molar-refractivity contribution in [2.45, 2.75) is 17.9 Å². The number of hydrogen-bond acceptors (Lipinski definition) is 4. The molecule has 0 spiro atoms. The van der Waals surface area contributed by atoms with Gasteiger partial charge >= 0.3 is 0 Å². The van der Waals surface area contributed by atoms with Crippen molar-refractivity contribution in [1.82, 2.24) is 14.9 Å². The monoisotopic (exact) mass is 412 g/mol. The molecule has 1 atom stereocenters. The maximum absolute atomic E-state index is 13.3. The van der Waals surface area contributed by atoms with Crippen LogP contribution in [-0.2, 0) is 16.6 Å². The van der Waals surface area contributed by atoms with Crippen LogP contribution in [0.3, 0.4) is 0 Å². The number of carbonyl (C=O) groups is 2. The molecule has 1 aromatic heterocycles. The molecular weight excluding hydrogens is 391 g/mol. The highest BCUT2D eigenvalue weighted by atomic mass is 32.2. The maximum atomic E-state index is 13.3. The van der Waals surface area contributed by atoms with Crippen molar-refractivity contribution in [3.63, 3.8) is 0 Å². The number of aromatic nitrogens is 2. The van der Waals surface area contributed by atoms with Crippen LogP contribution in [0.5, 0.6) is 0 Å². The summed E-state index contributed by atoms with van der Waals surface area (Å²) in [6.45, 7) is 1.45. The van der Waals surface area contributed by atoms with Crippen LogP contribution < -0.4 is 10.6 Å². The molecule has 29 heavy (non-hydrogen) atoms. The van der Waals surface area contributed by atoms with Gasteiger partial charge in [-0.15, -0.1) is 11.8 Å². The lowest BCUT2D eigenvalue weighted by atomic mass is 10.1. The number of nitrogens with one attached hydrogen (secondary N) is 2. The Morgan fingerprint density at radius 2 is 1.83 bits per heavy atom. The minimum atomic E-state index is -0.481. The Labute approximate surface area is 172 Å². The molecule has 0 radical (unpaired) electrons. The second-order valence-corrected chi connectivity index (χ2v) is 7.49. The highest BCUT2D eigenvalue weighted by Gasteiger charge is 2.20. The summed E-state index contributed by atoms with van der Waals surface area (Å²) in [5, 5.41) is 5.68. The molecule has 0 saturated carbocycles. The van der Waals surface area contributed by atoms with Gasteiger partial charge in [0.05, 0.1) is 5.75 Å². The Kier molecular flexibility index (Phi) is 6.66. The minimum Gasteiger partial charge on any atom is -0.341 e. The third-order valence-electron chi connectivity index (χ3n) is 4.17. The second-order valence-electron chi connectivity index (χ2n) is 6.44. The Balaban J connectivity index is 1.66. The largest absolute Gasteiger partial charge is 0.341 e. The molecule has 1 unspecified atom stereocenters. The molecule has 3 aromatic rings. The van der Waals surface area contributed by atoms with Gasteiger partial charge in [-0.3, -0.25) is 9.59 Å². The van der Waals surface area contributed by atoms with Crippen molar-refractivity contribution in [3.8, 4) is 0 Å². The number of halogens is 1. The van der Waals surface area contributed by atoms with Crippen LogP contribution in [0.25, 0.3) is 0 Å². The number of benzene rings is 2. The molecule has 0 saturated heterocycles. The number of rotatable bonds is 7. The van der Waals surface area contributed by atoms with E-state index in [2.05, 4.69) is 15.6 Å². The van der Waals surface area contributed by atoms with E-state index < -0.39 is 6.04 Å². The van der Waals surface area contributed by atoms with Gasteiger partial charge in [-0.05, 0) is 42.0 Å². The molecule has 3 rings (SSSR count). The molecule has 0 aliphatic rings. The molecule has 2 N–H and O–H groups in total. The summed E-state index contributed by atoms with van der Waals surface area (Å²) in [5.74, 6) is 0.234. The zero-order valence-corrected chi connectivity index (χ0v) is 16.9. The Morgan fingerprint density at radius 3 is 2.41 bits per heavy atom. The summed E-state index contributed by atoms with van der Waals surface area (Å²) in [6.07, 6.45) is 3.45. The minimum absolute atomic E-state index is 0.133. The standard InChI is InChI=1S/C21H21FN4O2S/c1-14(27)24-17-7-9-18(10-8-17)29-13-19(28)25-20(21-23-11-12-26(21)2)15-3-5-16(22)6-4-15/h3-12,20H,13H2,1-2H3,(H,24,27)(H,25,28). The van der Waals surface area contributed by atoms with Crippen molar-refractivity contribution < 1.29 is 14.0 Å². The third kappa shape index (κ3) is 5.68. The van der Waals surface area contributed by atoms with Gasteiger partial charge in [-0.25, -0.2) is 9.37 Å². The van der Waals surface area contributed by atoms with Crippen molar-refractivity contribution in [3.05, 3.63) is 78.1 Å². The van der Waals surface area contributed by atoms with Crippen LogP contribution >= 0.6 is 11.8 Å². The maximum Gasteiger partial charge on any atom is 0.231 e. The lowest BCUT2D eigenvalue weighted by Crippen LogP contribution is -2.32. The van der Waals surface area contributed by atoms with Crippen LogP contribution in [0.1, 0.15) is 24.4 Å². The lowest BCUT2D eigenvalue weighted by molar-refractivity contribution is -0.119. The third-order valence-corrected chi connectivity index (χ3v) is 5.18. The highest BCUT2D eigenvalue weighted by molar-refractivity contribution is 8.00. The van der Waals surface area contributed by atoms with Crippen LogP contribution in [0.4, 0.5) is 10.1 Å². The highest BCUT2D eigenvalue weighted by Crippen LogP contribution is 2.23. The number of hydrogen-bond donors (Lipinski definition) is 2. The molecule has 0 aliphatic heterocycles. The predicted molar refractivity (Wildman–Crippen MR) is 111 cm³/mol. The van der Waals surface area contributed by atoms with E-state index in [1.54, 1.807) is 36.7 Å². The molecule has 2 amide bonds. The fourth-order valence-corrected chi connectivity index (χ4v) is 3.51. The number of anilines is 1. The summed E-state index contributed by atoms with van der Waals surface area (Å²) in [6, 6.07) is 12.8. The summed E-state index contributed by atoms with van der Waals surface area (Å²) >= 11 is 1.39. The topological polar surface area (TPSA) is 76.0 Å². The first kappa shape index (κ1) is 20.6. The van der Waals surface area contributed by atoms with E-state index in [1.165, 1.54) is 30.8 Å². The van der Waals surface area contributed by atoms with Crippen molar-refractivity contribution in [2.24, 2.45) is 7.05 Å². The van der Waals surface area contributed by atoms with E-state index in [4.69, 9.17) is 0 Å². The second kappa shape index (κ2) is 9.38. The smallest absolute Gasteiger partial charge is 0.231 e. The van der Waals surface area contributed by atoms with Crippen LogP contribution in [0, 0.1) is 5.82 Å². The summed E-state index contributed by atoms with van der Waals surface area (Å²) in [7, 11) is 1.84. The molecule has 150 valence electrons. The van der Waals surface area contributed by atoms with E-state index in [0.29, 0.717) is 11.5 Å². The summed E-state index contributed by atoms with van der Waals surface area (Å²) in [4.78, 5) is 28.9. The molecule has 0 aliphatic carbocycles. The van der Waals surface area contributed by atoms with Gasteiger partial charge in [0.25, 0.3) is 0 Å². The molecule has 8 heteroatoms. The number of aryl methyl sites for hydroxylation is 1. The molecule has 0 fully saturated rings. The van der Waals surface area contributed by atoms with Gasteiger partial charge in [-0.2, -0.15) is 0 Å². The van der Waals surface area contributed by atoms with Crippen molar-refractivity contribution >= 4 is 29.3 Å². The number of thioether (sulfide) groups is 1. The van der Waals surface area contributed by atoms with Crippen LogP contribution in [0.2, 0.25) is 0 Å². The van der Waals surface area contributed by atoms with Gasteiger partial charge < -0.3 is 15.2 Å². The molecule has 2 aromatic carbocycles. The van der Waals surface area contributed by atoms with E-state index >= 15 is 0 Å². The van der Waals surface area contributed by atoms with E-state index in [1.807, 2.05) is 23.7 Å². The zero-order valence-electron chi connectivity index (χ0n) is 16.1. The fraction of sp³-hybridized carbons (Fsp3) is 0.190. The zero-order chi connectivity index (χ0) is 20.8. The van der Waals surface area contributed by atoms with Crippen LogP contribution in [-0.4, -0.2) is 27.1 Å². The normalized spacial score (nSPS) is 11.7. The molecule has 1 heterocycles. The summed E-state index contributed by atoms with van der Waals surface area (Å²) < 4.78 is 15.1. The van der Waals surface area contributed by atoms with Crippen LogP contribution in [0.15, 0.2) is 65.8 Å². The average molecular weight is 412 g/mol. The first-order valence-electron chi connectivity index (χ1n) is 8.95. The van der Waals surface area contributed by atoms with Gasteiger partial charge in [0.1, 0.15) is 17.7 Å². The SMILES string of the molecule is CC(=O)Nc1ccc(SCC(=O)NC(c2ccc(F)cc2)c2nccn2C)cc1. The van der Waals surface area contributed by atoms with Gasteiger partial charge in [0.2, 0.25) is 11.8 Å². The van der Waals surface area contributed by atoms with Crippen molar-refractivity contribution in [2.75, 3.05) is 11.1 Å². The number of carbonyl (C=O) groups excluding carboxylic acids is 2. The lowest BCUT2D eigenvalue weighted by Gasteiger charge is -2.19. The average Bonchev–Trinajstić information content (AvgIpc) is 3.11. The van der Waals surface area contributed by atoms with Gasteiger partial charge in [0, 0.05) is 36.9 Å². The van der Waals surface area contributed by atoms with Crippen molar-refractivity contribution in [1.29, 1.82) is 0 Å². The summed E-state index contributed by atoms with van der Waals surface area (Å²) in [5.41, 5.74) is 1.45. The Bertz CT molecular complexity index is 987. The fourth-order valence-electron chi connectivity index (χ4n) is 2.80. The van der Waals surface area contributed by atoms with E-state index in [0.717, 1.165) is 10.5 Å². The van der Waals surface area contributed by atoms with E-state index in [9.17, 15) is 14.0 Å². The molecule has 0 bridgehead atoms. The number of nitrogens with zero attached hydrogens (tertiary/aromatic N) is 2.